The number of nitrogens with one attached hydrogen (secondary N) is 3. The predicted octanol–water partition coefficient (Wildman–Crippen LogP) is 4.65. The maximum atomic E-state index is 13.1. The van der Waals surface area contributed by atoms with Gasteiger partial charge in [0, 0.05) is 22.4 Å². The summed E-state index contributed by atoms with van der Waals surface area (Å²) in [6.45, 7) is 0.430. The van der Waals surface area contributed by atoms with Crippen molar-refractivity contribution in [1.82, 2.24) is 15.4 Å². The topological polar surface area (TPSA) is 133 Å². The quantitative estimate of drug-likeness (QED) is 0.0989. The monoisotopic (exact) mass is 685 g/mol. The summed E-state index contributed by atoms with van der Waals surface area (Å²) in [5, 5.41) is 15.5. The van der Waals surface area contributed by atoms with E-state index in [1.165, 1.54) is 19.2 Å². The summed E-state index contributed by atoms with van der Waals surface area (Å²) in [6.07, 6.45) is 4.50. The average Bonchev–Trinajstić information content (AvgIpc) is 3.01. The van der Waals surface area contributed by atoms with E-state index in [0.29, 0.717) is 30.7 Å². The van der Waals surface area contributed by atoms with Crippen LogP contribution in [0.3, 0.4) is 0 Å². The fourth-order valence-electron chi connectivity index (χ4n) is 5.12. The van der Waals surface area contributed by atoms with Crippen molar-refractivity contribution >= 4 is 44.5 Å². The molecule has 1 amide bonds. The third-order valence-corrected chi connectivity index (χ3v) is 9.63. The van der Waals surface area contributed by atoms with Gasteiger partial charge in [0.2, 0.25) is 12.2 Å². The molecule has 11 heteroatoms. The number of ether oxygens (including phenoxy) is 1. The highest BCUT2D eigenvalue weighted by atomic mass is 127. The Morgan fingerprint density at radius 3 is 2.34 bits per heavy atom. The summed E-state index contributed by atoms with van der Waals surface area (Å²) >= 11 is 2.21. The van der Waals surface area contributed by atoms with E-state index in [-0.39, 0.29) is 28.2 Å². The number of halogens is 1. The number of nitriles is 1. The molecule has 0 aliphatic heterocycles. The van der Waals surface area contributed by atoms with Crippen molar-refractivity contribution in [2.75, 3.05) is 13.7 Å². The molecule has 9 nitrogen and oxygen atoms in total. The van der Waals surface area contributed by atoms with E-state index >= 15 is 0 Å². The number of carbonyl (C=O) groups excluding carboxylic acids is 1. The largest absolute Gasteiger partial charge is 0.496 e. The smallest absolute Gasteiger partial charge is 0.264 e. The first-order chi connectivity index (χ1) is 19.8. The Morgan fingerprint density at radius 2 is 1.71 bits per heavy atom. The van der Waals surface area contributed by atoms with Gasteiger partial charge in [0.25, 0.3) is 15.9 Å². The summed E-state index contributed by atoms with van der Waals surface area (Å²) in [5.74, 6) is 0.203. The zero-order chi connectivity index (χ0) is 29.3. The van der Waals surface area contributed by atoms with E-state index < -0.39 is 10.0 Å². The first kappa shape index (κ1) is 30.3. The van der Waals surface area contributed by atoms with Gasteiger partial charge in [-0.1, -0.05) is 77.2 Å². The molecule has 0 aromatic heterocycles. The SMILES string of the molecule is COc1ccccc1C(=O)NC[C@]1(c2ccccc2)CC[C@H](N/C(=N\C#N)NS(=O)(=O)c2ccc(CI)cc2)CC1. The second-order valence-corrected chi connectivity index (χ2v) is 12.3. The lowest BCUT2D eigenvalue weighted by molar-refractivity contribution is 0.0932. The third-order valence-electron chi connectivity index (χ3n) is 7.39. The van der Waals surface area contributed by atoms with Gasteiger partial charge in [0.05, 0.1) is 17.6 Å². The minimum absolute atomic E-state index is 0.0936. The van der Waals surface area contributed by atoms with Crippen LogP contribution in [0.5, 0.6) is 5.75 Å². The number of alkyl halides is 1. The number of guanidine groups is 1. The molecule has 0 radical (unpaired) electrons. The van der Waals surface area contributed by atoms with E-state index in [0.717, 1.165) is 28.4 Å². The van der Waals surface area contributed by atoms with Crippen LogP contribution >= 0.6 is 22.6 Å². The van der Waals surface area contributed by atoms with Crippen molar-refractivity contribution < 1.29 is 17.9 Å². The van der Waals surface area contributed by atoms with Crippen LogP contribution in [0.1, 0.15) is 47.2 Å². The van der Waals surface area contributed by atoms with Crippen LogP contribution in [0, 0.1) is 11.5 Å². The maximum absolute atomic E-state index is 13.1. The number of sulfonamides is 1. The lowest BCUT2D eigenvalue weighted by Gasteiger charge is -2.41. The minimum atomic E-state index is -3.93. The van der Waals surface area contributed by atoms with E-state index in [1.807, 2.05) is 24.3 Å². The highest BCUT2D eigenvalue weighted by Crippen LogP contribution is 2.39. The number of methoxy groups -OCH3 is 1. The second-order valence-electron chi connectivity index (χ2n) is 9.89. The lowest BCUT2D eigenvalue weighted by atomic mass is 9.68. The Labute approximate surface area is 254 Å². The van der Waals surface area contributed by atoms with Gasteiger partial charge < -0.3 is 15.4 Å². The second kappa shape index (κ2) is 13.8. The van der Waals surface area contributed by atoms with Crippen molar-refractivity contribution in [2.45, 2.75) is 46.5 Å². The third kappa shape index (κ3) is 7.56. The number of para-hydroxylation sites is 1. The molecule has 0 unspecified atom stereocenters. The zero-order valence-electron chi connectivity index (χ0n) is 22.6. The molecule has 0 heterocycles. The molecule has 1 fully saturated rings. The van der Waals surface area contributed by atoms with Crippen LogP contribution in [-0.4, -0.2) is 40.0 Å². The fourth-order valence-corrected chi connectivity index (χ4v) is 6.60. The van der Waals surface area contributed by atoms with Crippen molar-refractivity contribution in [3.05, 3.63) is 95.6 Å². The molecule has 3 aromatic carbocycles. The number of hydrogen-bond acceptors (Lipinski definition) is 6. The Morgan fingerprint density at radius 1 is 1.05 bits per heavy atom. The van der Waals surface area contributed by atoms with Crippen molar-refractivity contribution in [1.29, 1.82) is 5.26 Å². The molecule has 41 heavy (non-hydrogen) atoms. The number of hydrogen-bond donors (Lipinski definition) is 3. The van der Waals surface area contributed by atoms with Gasteiger partial charge in [-0.05, 0) is 61.1 Å². The van der Waals surface area contributed by atoms with Crippen molar-refractivity contribution in [2.24, 2.45) is 4.99 Å². The molecule has 0 bridgehead atoms. The van der Waals surface area contributed by atoms with Gasteiger partial charge in [-0.3, -0.25) is 4.79 Å². The van der Waals surface area contributed by atoms with Gasteiger partial charge >= 0.3 is 0 Å². The molecule has 1 aliphatic rings. The minimum Gasteiger partial charge on any atom is -0.496 e. The number of benzene rings is 3. The summed E-state index contributed by atoms with van der Waals surface area (Å²) in [6, 6.07) is 23.7. The van der Waals surface area contributed by atoms with Crippen molar-refractivity contribution in [3.8, 4) is 11.9 Å². The Hall–Kier alpha value is -3.63. The van der Waals surface area contributed by atoms with E-state index in [1.54, 1.807) is 36.5 Å². The number of rotatable bonds is 9. The average molecular weight is 686 g/mol. The first-order valence-corrected chi connectivity index (χ1v) is 16.2. The molecule has 0 saturated heterocycles. The highest BCUT2D eigenvalue weighted by Gasteiger charge is 2.38. The predicted molar refractivity (Wildman–Crippen MR) is 166 cm³/mol. The summed E-state index contributed by atoms with van der Waals surface area (Å²) in [5.41, 5.74) is 2.29. The molecular weight excluding hydrogens is 653 g/mol. The van der Waals surface area contributed by atoms with Crippen LogP contribution in [0.2, 0.25) is 0 Å². The Balaban J connectivity index is 1.45. The van der Waals surface area contributed by atoms with E-state index in [4.69, 9.17) is 4.74 Å². The molecule has 3 aromatic rings. The summed E-state index contributed by atoms with van der Waals surface area (Å²) in [7, 11) is -2.39. The molecule has 3 N–H and O–H groups in total. The number of nitrogens with zero attached hydrogens (tertiary/aromatic N) is 2. The van der Waals surface area contributed by atoms with Gasteiger partial charge in [-0.15, -0.1) is 4.99 Å². The Bertz CT molecular complexity index is 1510. The number of aliphatic imine (C=N–C) groups is 1. The van der Waals surface area contributed by atoms with Crippen LogP contribution in [0.25, 0.3) is 0 Å². The lowest BCUT2D eigenvalue weighted by Crippen LogP contribution is -2.50. The van der Waals surface area contributed by atoms with Crippen molar-refractivity contribution in [3.63, 3.8) is 0 Å². The van der Waals surface area contributed by atoms with Crippen LogP contribution < -0.4 is 20.1 Å². The standard InChI is InChI=1S/C30H32IN5O4S/c1-40-27-10-6-5-9-26(27)28(37)33-20-30(23-7-3-2-4-8-23)17-15-24(16-18-30)35-29(34-21-32)36-41(38,39)25-13-11-22(19-31)12-14-25/h2-14,24H,15-20H2,1H3,(H,33,37)(H2,34,35,36)/t24-,30-. The molecule has 214 valence electrons. The molecule has 0 spiro atoms. The number of carbonyl (C=O) groups is 1. The molecule has 0 atom stereocenters. The fraction of sp³-hybridized carbons (Fsp3) is 0.300. The Kier molecular flexibility index (Phi) is 10.2. The molecule has 1 saturated carbocycles. The molecule has 1 aliphatic carbocycles. The van der Waals surface area contributed by atoms with Crippen LogP contribution in [-0.2, 0) is 19.9 Å². The van der Waals surface area contributed by atoms with E-state index in [9.17, 15) is 18.5 Å². The normalized spacial score (nSPS) is 19.0. The molecule has 4 rings (SSSR count). The van der Waals surface area contributed by atoms with Gasteiger partial charge in [0.1, 0.15) is 5.75 Å². The highest BCUT2D eigenvalue weighted by molar-refractivity contribution is 14.1. The molecular formula is C30H32IN5O4S. The van der Waals surface area contributed by atoms with E-state index in [2.05, 4.69) is 55.1 Å². The summed E-state index contributed by atoms with van der Waals surface area (Å²) < 4.78 is 34.5. The zero-order valence-corrected chi connectivity index (χ0v) is 25.6. The number of amides is 1. The summed E-state index contributed by atoms with van der Waals surface area (Å²) in [4.78, 5) is 16.9. The van der Waals surface area contributed by atoms with Gasteiger partial charge in [0.15, 0.2) is 0 Å². The first-order valence-electron chi connectivity index (χ1n) is 13.2. The van der Waals surface area contributed by atoms with Gasteiger partial charge in [-0.25, -0.2) is 13.1 Å². The maximum Gasteiger partial charge on any atom is 0.264 e. The van der Waals surface area contributed by atoms with Gasteiger partial charge in [-0.2, -0.15) is 5.26 Å². The van der Waals surface area contributed by atoms with Crippen LogP contribution in [0.15, 0.2) is 88.8 Å². The van der Waals surface area contributed by atoms with Crippen LogP contribution in [0.4, 0.5) is 0 Å².